The number of amides is 3. The topological polar surface area (TPSA) is 132 Å². The lowest BCUT2D eigenvalue weighted by molar-refractivity contribution is -0.114. The zero-order chi connectivity index (χ0) is 29.2. The number of thioether (sulfide) groups is 1. The fourth-order valence-corrected chi connectivity index (χ4v) is 4.83. The number of methoxy groups -OCH3 is 2. The van der Waals surface area contributed by atoms with E-state index < -0.39 is 11.8 Å². The third-order valence-electron chi connectivity index (χ3n) is 5.52. The number of carbonyl (C=O) groups excluding carboxylic acids is 3. The number of carbonyl (C=O) groups is 3. The molecule has 210 valence electrons. The number of aromatic nitrogens is 2. The molecule has 1 aromatic heterocycles. The highest BCUT2D eigenvalue weighted by atomic mass is 32.2. The Kier molecular flexibility index (Phi) is 10.1. The van der Waals surface area contributed by atoms with Gasteiger partial charge in [-0.25, -0.2) is 0 Å². The van der Waals surface area contributed by atoms with Gasteiger partial charge < -0.3 is 20.1 Å². The molecule has 41 heavy (non-hydrogen) atoms. The predicted octanol–water partition coefficient (Wildman–Crippen LogP) is 5.00. The van der Waals surface area contributed by atoms with Gasteiger partial charge in [-0.05, 0) is 61.5 Å². The van der Waals surface area contributed by atoms with Crippen LogP contribution < -0.4 is 25.4 Å². The molecule has 0 aliphatic heterocycles. The van der Waals surface area contributed by atoms with Crippen LogP contribution in [0.25, 0.3) is 6.08 Å². The molecule has 3 aromatic carbocycles. The van der Waals surface area contributed by atoms with Crippen molar-refractivity contribution in [3.8, 4) is 11.5 Å². The number of nitrogens with one attached hydrogen (secondary N) is 3. The summed E-state index contributed by atoms with van der Waals surface area (Å²) in [5.74, 6) is 0.0835. The van der Waals surface area contributed by atoms with Crippen molar-refractivity contribution in [3.63, 3.8) is 0 Å². The zero-order valence-corrected chi connectivity index (χ0v) is 24.1. The Balaban J connectivity index is 1.46. The molecule has 10 nitrogen and oxygen atoms in total. The van der Waals surface area contributed by atoms with E-state index in [1.54, 1.807) is 79.9 Å². The molecule has 0 fully saturated rings. The Morgan fingerprint density at radius 3 is 2.34 bits per heavy atom. The first kappa shape index (κ1) is 29.3. The van der Waals surface area contributed by atoms with Gasteiger partial charge in [-0.2, -0.15) is 0 Å². The quantitative estimate of drug-likeness (QED) is 0.164. The largest absolute Gasteiger partial charge is 0.497 e. The summed E-state index contributed by atoms with van der Waals surface area (Å²) in [5, 5.41) is 17.2. The average molecular weight is 590 g/mol. The van der Waals surface area contributed by atoms with Gasteiger partial charge in [-0.15, -0.1) is 22.0 Å². The van der Waals surface area contributed by atoms with Crippen molar-refractivity contribution >= 4 is 57.7 Å². The van der Waals surface area contributed by atoms with Gasteiger partial charge in [0.05, 0.1) is 20.0 Å². The molecule has 0 bridgehead atoms. The number of hydrogen-bond donors (Lipinski definition) is 3. The summed E-state index contributed by atoms with van der Waals surface area (Å²) in [6.07, 6.45) is 1.54. The number of hydrogen-bond acceptors (Lipinski definition) is 9. The van der Waals surface area contributed by atoms with Crippen LogP contribution in [0.2, 0.25) is 0 Å². The van der Waals surface area contributed by atoms with Crippen molar-refractivity contribution in [2.24, 2.45) is 0 Å². The number of aryl methyl sites for hydroxylation is 1. The molecule has 3 amide bonds. The molecular formula is C29H27N5O5S2. The molecule has 0 aliphatic carbocycles. The molecule has 4 rings (SSSR count). The van der Waals surface area contributed by atoms with Gasteiger partial charge in [-0.3, -0.25) is 19.7 Å². The Morgan fingerprint density at radius 1 is 0.927 bits per heavy atom. The normalized spacial score (nSPS) is 11.0. The first-order valence-corrected chi connectivity index (χ1v) is 14.1. The van der Waals surface area contributed by atoms with Crippen LogP contribution in [-0.2, 0) is 9.59 Å². The van der Waals surface area contributed by atoms with Crippen molar-refractivity contribution in [2.45, 2.75) is 11.8 Å². The van der Waals surface area contributed by atoms with Gasteiger partial charge in [0.15, 0.2) is 0 Å². The average Bonchev–Trinajstić information content (AvgIpc) is 3.40. The van der Waals surface area contributed by atoms with E-state index in [2.05, 4.69) is 26.1 Å². The van der Waals surface area contributed by atoms with Crippen LogP contribution in [0.1, 0.15) is 20.9 Å². The SMILES string of the molecule is COc1ccc(/C=C(\NC(=O)c2ccccc2)C(=O)Nc2ccc(SCC(=O)Nc3nnc(C)s3)cc2)c(OC)c1. The highest BCUT2D eigenvalue weighted by molar-refractivity contribution is 8.00. The van der Waals surface area contributed by atoms with Crippen molar-refractivity contribution in [1.29, 1.82) is 0 Å². The van der Waals surface area contributed by atoms with Gasteiger partial charge in [0, 0.05) is 27.8 Å². The lowest BCUT2D eigenvalue weighted by Crippen LogP contribution is -2.30. The Labute approximate surface area is 245 Å². The van der Waals surface area contributed by atoms with Crippen molar-refractivity contribution in [1.82, 2.24) is 15.5 Å². The Bertz CT molecular complexity index is 1560. The van der Waals surface area contributed by atoms with Gasteiger partial charge in [0.2, 0.25) is 11.0 Å². The second-order valence-electron chi connectivity index (χ2n) is 8.43. The van der Waals surface area contributed by atoms with Crippen LogP contribution >= 0.6 is 23.1 Å². The minimum Gasteiger partial charge on any atom is -0.497 e. The minimum absolute atomic E-state index is 0.0179. The monoisotopic (exact) mass is 589 g/mol. The summed E-state index contributed by atoms with van der Waals surface area (Å²) in [4.78, 5) is 39.3. The van der Waals surface area contributed by atoms with Gasteiger partial charge >= 0.3 is 0 Å². The zero-order valence-electron chi connectivity index (χ0n) is 22.5. The maximum absolute atomic E-state index is 13.4. The van der Waals surface area contributed by atoms with E-state index in [-0.39, 0.29) is 17.4 Å². The fourth-order valence-electron chi connectivity index (χ4n) is 3.52. The predicted molar refractivity (Wildman–Crippen MR) is 161 cm³/mol. The maximum Gasteiger partial charge on any atom is 0.272 e. The van der Waals surface area contributed by atoms with Crippen molar-refractivity contribution in [3.05, 3.63) is 94.6 Å². The van der Waals surface area contributed by atoms with Gasteiger partial charge in [0.25, 0.3) is 11.8 Å². The molecule has 0 radical (unpaired) electrons. The van der Waals surface area contributed by atoms with Crippen LogP contribution in [0, 0.1) is 6.92 Å². The lowest BCUT2D eigenvalue weighted by Gasteiger charge is -2.13. The van der Waals surface area contributed by atoms with Crippen molar-refractivity contribution < 1.29 is 23.9 Å². The van der Waals surface area contributed by atoms with E-state index in [9.17, 15) is 14.4 Å². The standard InChI is InChI=1S/C29H27N5O5S2/c1-18-33-34-29(41-18)32-26(35)17-40-23-13-10-21(11-14-23)30-28(37)24(31-27(36)19-7-5-4-6-8-19)15-20-9-12-22(38-2)16-25(20)39-3/h4-16H,17H2,1-3H3,(H,30,37)(H,31,36)(H,32,34,35)/b24-15-. The summed E-state index contributed by atoms with van der Waals surface area (Å²) in [6, 6.07) is 20.8. The molecule has 1 heterocycles. The van der Waals surface area contributed by atoms with E-state index in [1.165, 1.54) is 36.3 Å². The number of ether oxygens (including phenoxy) is 2. The molecule has 4 aromatic rings. The van der Waals surface area contributed by atoms with Crippen LogP contribution in [-0.4, -0.2) is 47.9 Å². The van der Waals surface area contributed by atoms with Gasteiger partial charge in [-0.1, -0.05) is 29.5 Å². The van der Waals surface area contributed by atoms with Crippen LogP contribution in [0.15, 0.2) is 83.4 Å². The summed E-state index contributed by atoms with van der Waals surface area (Å²) >= 11 is 2.65. The second kappa shape index (κ2) is 14.1. The summed E-state index contributed by atoms with van der Waals surface area (Å²) < 4.78 is 10.7. The smallest absolute Gasteiger partial charge is 0.272 e. The van der Waals surface area contributed by atoms with Crippen molar-refractivity contribution in [2.75, 3.05) is 30.6 Å². The van der Waals surface area contributed by atoms with E-state index in [0.717, 1.165) is 9.90 Å². The summed E-state index contributed by atoms with van der Waals surface area (Å²) in [7, 11) is 3.05. The summed E-state index contributed by atoms with van der Waals surface area (Å²) in [5.41, 5.74) is 1.50. The molecule has 0 aliphatic rings. The van der Waals surface area contributed by atoms with Crippen LogP contribution in [0.5, 0.6) is 11.5 Å². The number of anilines is 2. The van der Waals surface area contributed by atoms with E-state index >= 15 is 0 Å². The lowest BCUT2D eigenvalue weighted by atomic mass is 10.1. The minimum atomic E-state index is -0.528. The van der Waals surface area contributed by atoms with E-state index in [0.29, 0.717) is 33.4 Å². The molecule has 0 unspecified atom stereocenters. The molecular weight excluding hydrogens is 562 g/mol. The highest BCUT2D eigenvalue weighted by Crippen LogP contribution is 2.27. The molecule has 0 saturated heterocycles. The number of nitrogens with zero attached hydrogens (tertiary/aromatic N) is 2. The molecule has 0 spiro atoms. The Hall–Kier alpha value is -4.68. The highest BCUT2D eigenvalue weighted by Gasteiger charge is 2.17. The fraction of sp³-hybridized carbons (Fsp3) is 0.138. The number of rotatable bonds is 11. The molecule has 0 saturated carbocycles. The molecule has 0 atom stereocenters. The first-order valence-electron chi connectivity index (χ1n) is 12.3. The van der Waals surface area contributed by atoms with Crippen LogP contribution in [0.4, 0.5) is 10.8 Å². The van der Waals surface area contributed by atoms with Crippen LogP contribution in [0.3, 0.4) is 0 Å². The third kappa shape index (κ3) is 8.40. The second-order valence-corrected chi connectivity index (χ2v) is 10.7. The first-order chi connectivity index (χ1) is 19.8. The summed E-state index contributed by atoms with van der Waals surface area (Å²) in [6.45, 7) is 1.81. The van der Waals surface area contributed by atoms with E-state index in [4.69, 9.17) is 9.47 Å². The molecule has 12 heteroatoms. The Morgan fingerprint density at radius 2 is 1.68 bits per heavy atom. The maximum atomic E-state index is 13.4. The number of benzene rings is 3. The third-order valence-corrected chi connectivity index (χ3v) is 7.29. The molecule has 3 N–H and O–H groups in total. The van der Waals surface area contributed by atoms with Gasteiger partial charge in [0.1, 0.15) is 22.2 Å². The van der Waals surface area contributed by atoms with E-state index in [1.807, 2.05) is 6.92 Å².